The molecule has 1 unspecified atom stereocenters. The Bertz CT molecular complexity index is 87.3. The quantitative estimate of drug-likeness (QED) is 0.633. The van der Waals surface area contributed by atoms with Crippen LogP contribution < -0.4 is 0 Å². The van der Waals surface area contributed by atoms with Crippen molar-refractivity contribution in [1.29, 1.82) is 0 Å². The van der Waals surface area contributed by atoms with Gasteiger partial charge in [-0.05, 0) is 23.8 Å². The zero-order chi connectivity index (χ0) is 7.40. The summed E-state index contributed by atoms with van der Waals surface area (Å²) in [6.07, 6.45) is 2.76. The van der Waals surface area contributed by atoms with Gasteiger partial charge >= 0.3 is 0 Å². The minimum Gasteiger partial charge on any atom is -0.147 e. The lowest BCUT2D eigenvalue weighted by Crippen LogP contribution is -2.14. The maximum Gasteiger partial charge on any atom is 0.0527 e. The average molecular weight is 176 g/mol. The predicted octanol–water partition coefficient (Wildman–Crippen LogP) is 3.23. The third kappa shape index (κ3) is 2.39. The van der Waals surface area contributed by atoms with Crippen molar-refractivity contribution >= 4 is 23.5 Å². The van der Waals surface area contributed by atoms with Crippen molar-refractivity contribution < 1.29 is 0 Å². The highest BCUT2D eigenvalue weighted by Gasteiger charge is 2.19. The molecule has 10 heavy (non-hydrogen) atoms. The van der Waals surface area contributed by atoms with E-state index in [0.29, 0.717) is 0 Å². The molecule has 0 spiro atoms. The summed E-state index contributed by atoms with van der Waals surface area (Å²) in [6.45, 7) is 4.66. The Morgan fingerprint density at radius 3 is 2.50 bits per heavy atom. The largest absolute Gasteiger partial charge is 0.147 e. The third-order valence-corrected chi connectivity index (χ3v) is 5.41. The highest BCUT2D eigenvalue weighted by Crippen LogP contribution is 2.36. The van der Waals surface area contributed by atoms with Gasteiger partial charge in [0.05, 0.1) is 4.58 Å². The Morgan fingerprint density at radius 1 is 1.40 bits per heavy atom. The minimum atomic E-state index is 0.902. The fraction of sp³-hybridized carbons (Fsp3) is 1.00. The maximum absolute atomic E-state index is 2.37. The van der Waals surface area contributed by atoms with Crippen LogP contribution in [0.3, 0.4) is 0 Å². The number of hydrogen-bond donors (Lipinski definition) is 0. The lowest BCUT2D eigenvalue weighted by Gasteiger charge is -2.25. The van der Waals surface area contributed by atoms with Gasteiger partial charge in [0.2, 0.25) is 0 Å². The molecule has 0 saturated carbocycles. The fourth-order valence-electron chi connectivity index (χ4n) is 1.03. The Morgan fingerprint density at radius 2 is 2.00 bits per heavy atom. The lowest BCUT2D eigenvalue weighted by molar-refractivity contribution is 0.613. The molecule has 0 radical (unpaired) electrons. The zero-order valence-corrected chi connectivity index (χ0v) is 8.43. The minimum absolute atomic E-state index is 0.902. The summed E-state index contributed by atoms with van der Waals surface area (Å²) < 4.78 is 0.902. The van der Waals surface area contributed by atoms with Gasteiger partial charge in [0, 0.05) is 0 Å². The van der Waals surface area contributed by atoms with Crippen molar-refractivity contribution in [2.45, 2.75) is 31.3 Å². The summed E-state index contributed by atoms with van der Waals surface area (Å²) in [5, 5.41) is 0. The van der Waals surface area contributed by atoms with E-state index in [2.05, 4.69) is 37.4 Å². The molecule has 0 aromatic rings. The van der Waals surface area contributed by atoms with Gasteiger partial charge < -0.3 is 0 Å². The van der Waals surface area contributed by atoms with Crippen LogP contribution in [0.4, 0.5) is 0 Å². The van der Waals surface area contributed by atoms with Gasteiger partial charge in [-0.1, -0.05) is 20.3 Å². The molecule has 1 fully saturated rings. The molecule has 1 rings (SSSR count). The van der Waals surface area contributed by atoms with Crippen molar-refractivity contribution in [1.82, 2.24) is 0 Å². The Labute approximate surface area is 72.5 Å². The fourth-order valence-corrected chi connectivity index (χ4v) is 4.30. The second-order valence-corrected chi connectivity index (χ2v) is 5.65. The van der Waals surface area contributed by atoms with E-state index in [4.69, 9.17) is 0 Å². The molecule has 0 aliphatic carbocycles. The molecule has 0 bridgehead atoms. The number of hydrogen-bond acceptors (Lipinski definition) is 2. The van der Waals surface area contributed by atoms with Crippen LogP contribution in [0.15, 0.2) is 0 Å². The molecule has 0 nitrogen and oxygen atoms in total. The van der Waals surface area contributed by atoms with Crippen molar-refractivity contribution in [3.05, 3.63) is 0 Å². The summed E-state index contributed by atoms with van der Waals surface area (Å²) in [4.78, 5) is 0. The van der Waals surface area contributed by atoms with Crippen LogP contribution in [0.1, 0.15) is 26.7 Å². The molecule has 1 atom stereocenters. The van der Waals surface area contributed by atoms with Gasteiger partial charge in [0.25, 0.3) is 0 Å². The first kappa shape index (κ1) is 8.79. The predicted molar refractivity (Wildman–Crippen MR) is 52.8 cm³/mol. The standard InChI is InChI=1S/C8H16S2/c1-3-7(2)8-9-5-4-6-10-8/h7-8H,3-6H2,1-2H3. The summed E-state index contributed by atoms with van der Waals surface area (Å²) in [5.74, 6) is 3.69. The van der Waals surface area contributed by atoms with E-state index >= 15 is 0 Å². The molecule has 0 amide bonds. The molecular formula is C8H16S2. The van der Waals surface area contributed by atoms with Crippen LogP contribution in [0, 0.1) is 5.92 Å². The van der Waals surface area contributed by atoms with Crippen molar-refractivity contribution in [2.75, 3.05) is 11.5 Å². The molecule has 0 aromatic heterocycles. The molecular weight excluding hydrogens is 160 g/mol. The van der Waals surface area contributed by atoms with Crippen LogP contribution in [0.5, 0.6) is 0 Å². The second-order valence-electron chi connectivity index (χ2n) is 2.85. The van der Waals surface area contributed by atoms with Gasteiger partial charge in [-0.25, -0.2) is 0 Å². The van der Waals surface area contributed by atoms with E-state index in [-0.39, 0.29) is 0 Å². The maximum atomic E-state index is 2.37. The first-order valence-electron chi connectivity index (χ1n) is 4.07. The molecule has 1 saturated heterocycles. The molecule has 0 N–H and O–H groups in total. The van der Waals surface area contributed by atoms with Gasteiger partial charge in [0.1, 0.15) is 0 Å². The van der Waals surface area contributed by atoms with Crippen LogP contribution in [-0.4, -0.2) is 16.1 Å². The van der Waals surface area contributed by atoms with E-state index in [1.165, 1.54) is 24.3 Å². The highest BCUT2D eigenvalue weighted by molar-refractivity contribution is 8.17. The van der Waals surface area contributed by atoms with E-state index in [0.717, 1.165) is 10.5 Å². The molecule has 0 aromatic carbocycles. The monoisotopic (exact) mass is 176 g/mol. The molecule has 1 heterocycles. The van der Waals surface area contributed by atoms with Crippen LogP contribution in [-0.2, 0) is 0 Å². The summed E-state index contributed by atoms with van der Waals surface area (Å²) in [7, 11) is 0. The van der Waals surface area contributed by atoms with Crippen LogP contribution in [0.25, 0.3) is 0 Å². The Balaban J connectivity index is 2.24. The van der Waals surface area contributed by atoms with E-state index in [9.17, 15) is 0 Å². The molecule has 60 valence electrons. The first-order valence-corrected chi connectivity index (χ1v) is 6.17. The van der Waals surface area contributed by atoms with E-state index in [1.54, 1.807) is 0 Å². The highest BCUT2D eigenvalue weighted by atomic mass is 32.2. The molecule has 1 aliphatic rings. The van der Waals surface area contributed by atoms with E-state index in [1.807, 2.05) is 0 Å². The molecule has 1 aliphatic heterocycles. The summed E-state index contributed by atoms with van der Waals surface area (Å²) >= 11 is 4.32. The SMILES string of the molecule is CCC(C)C1SCCCS1. The van der Waals surface area contributed by atoms with Gasteiger partial charge in [-0.15, -0.1) is 23.5 Å². The average Bonchev–Trinajstić information content (AvgIpc) is 2.05. The summed E-state index contributed by atoms with van der Waals surface area (Å²) in [5.41, 5.74) is 0. The van der Waals surface area contributed by atoms with Crippen LogP contribution >= 0.6 is 23.5 Å². The summed E-state index contributed by atoms with van der Waals surface area (Å²) in [6, 6.07) is 0. The van der Waals surface area contributed by atoms with Gasteiger partial charge in [-0.2, -0.15) is 0 Å². The number of rotatable bonds is 2. The van der Waals surface area contributed by atoms with Crippen molar-refractivity contribution in [3.63, 3.8) is 0 Å². The van der Waals surface area contributed by atoms with Crippen molar-refractivity contribution in [3.8, 4) is 0 Å². The topological polar surface area (TPSA) is 0 Å². The lowest BCUT2D eigenvalue weighted by atomic mass is 10.2. The third-order valence-electron chi connectivity index (χ3n) is 1.96. The molecule has 2 heteroatoms. The number of thioether (sulfide) groups is 2. The Kier molecular flexibility index (Phi) is 4.00. The smallest absolute Gasteiger partial charge is 0.0527 e. The van der Waals surface area contributed by atoms with Gasteiger partial charge in [-0.3, -0.25) is 0 Å². The first-order chi connectivity index (χ1) is 4.84. The normalized spacial score (nSPS) is 24.6. The van der Waals surface area contributed by atoms with E-state index < -0.39 is 0 Å². The van der Waals surface area contributed by atoms with Gasteiger partial charge in [0.15, 0.2) is 0 Å². The van der Waals surface area contributed by atoms with Crippen LogP contribution in [0.2, 0.25) is 0 Å². The zero-order valence-electron chi connectivity index (χ0n) is 6.80. The Hall–Kier alpha value is 0.700. The second kappa shape index (κ2) is 4.55. The van der Waals surface area contributed by atoms with Crippen molar-refractivity contribution in [2.24, 2.45) is 5.92 Å².